The van der Waals surface area contributed by atoms with Crippen LogP contribution in [-0.4, -0.2) is 34.9 Å². The Kier molecular flexibility index (Phi) is 4.79. The van der Waals surface area contributed by atoms with Gasteiger partial charge in [-0.3, -0.25) is 9.58 Å². The van der Waals surface area contributed by atoms with Crippen LogP contribution in [-0.2, 0) is 13.6 Å². The Morgan fingerprint density at radius 2 is 1.95 bits per heavy atom. The molecule has 1 heterocycles. The zero-order valence-corrected chi connectivity index (χ0v) is 12.8. The molecule has 0 atom stereocenters. The van der Waals surface area contributed by atoms with Gasteiger partial charge in [0.15, 0.2) is 0 Å². The predicted octanol–water partition coefficient (Wildman–Crippen LogP) is 2.55. The van der Waals surface area contributed by atoms with Crippen molar-refractivity contribution in [2.24, 2.45) is 7.05 Å². The smallest absolute Gasteiger partial charge is 0.125 e. The van der Waals surface area contributed by atoms with Crippen molar-refractivity contribution >= 4 is 0 Å². The minimum atomic E-state index is 0.697. The average Bonchev–Trinajstić information content (AvgIpc) is 2.78. The van der Waals surface area contributed by atoms with Crippen LogP contribution in [0.3, 0.4) is 0 Å². The van der Waals surface area contributed by atoms with Crippen molar-refractivity contribution in [2.45, 2.75) is 20.4 Å². The highest BCUT2D eigenvalue weighted by Crippen LogP contribution is 2.22. The van der Waals surface area contributed by atoms with Crippen molar-refractivity contribution in [1.82, 2.24) is 14.7 Å². The van der Waals surface area contributed by atoms with Gasteiger partial charge in [-0.05, 0) is 32.0 Å². The first-order valence-corrected chi connectivity index (χ1v) is 6.91. The Hall–Kier alpha value is -1.81. The number of para-hydroxylation sites is 1. The maximum atomic E-state index is 5.92. The van der Waals surface area contributed by atoms with E-state index in [1.807, 2.05) is 24.1 Å². The third kappa shape index (κ3) is 3.84. The quantitative estimate of drug-likeness (QED) is 0.810. The summed E-state index contributed by atoms with van der Waals surface area (Å²) in [7, 11) is 4.04. The van der Waals surface area contributed by atoms with Crippen LogP contribution in [0.2, 0.25) is 0 Å². The molecule has 0 saturated carbocycles. The number of aromatic nitrogens is 2. The third-order valence-electron chi connectivity index (χ3n) is 3.34. The van der Waals surface area contributed by atoms with E-state index in [0.29, 0.717) is 6.61 Å². The fraction of sp³-hybridized carbons (Fsp3) is 0.438. The zero-order chi connectivity index (χ0) is 14.5. The standard InChI is InChI=1S/C16H23N3O/c1-13-6-5-7-14(2)16(13)20-9-8-18(3)11-15-10-17-19(4)12-15/h5-7,10,12H,8-9,11H2,1-4H3. The molecule has 108 valence electrons. The van der Waals surface area contributed by atoms with E-state index in [1.54, 1.807) is 0 Å². The summed E-state index contributed by atoms with van der Waals surface area (Å²) in [5, 5.41) is 4.18. The second-order valence-electron chi connectivity index (χ2n) is 5.33. The number of ether oxygens (including phenoxy) is 1. The Labute approximate surface area is 121 Å². The van der Waals surface area contributed by atoms with Crippen molar-refractivity contribution in [2.75, 3.05) is 20.2 Å². The van der Waals surface area contributed by atoms with E-state index < -0.39 is 0 Å². The summed E-state index contributed by atoms with van der Waals surface area (Å²) in [5.74, 6) is 1.02. The van der Waals surface area contributed by atoms with E-state index in [9.17, 15) is 0 Å². The van der Waals surface area contributed by atoms with Crippen molar-refractivity contribution in [3.05, 3.63) is 47.3 Å². The molecule has 0 saturated heterocycles. The first-order chi connectivity index (χ1) is 9.56. The van der Waals surface area contributed by atoms with Crippen LogP contribution in [0.1, 0.15) is 16.7 Å². The van der Waals surface area contributed by atoms with Gasteiger partial charge in [0.25, 0.3) is 0 Å². The summed E-state index contributed by atoms with van der Waals surface area (Å²) in [5.41, 5.74) is 3.61. The van der Waals surface area contributed by atoms with Crippen LogP contribution in [0.25, 0.3) is 0 Å². The molecule has 20 heavy (non-hydrogen) atoms. The lowest BCUT2D eigenvalue weighted by Gasteiger charge is -2.17. The van der Waals surface area contributed by atoms with E-state index in [4.69, 9.17) is 4.74 Å². The molecule has 0 aliphatic heterocycles. The van der Waals surface area contributed by atoms with Crippen LogP contribution in [0.5, 0.6) is 5.75 Å². The number of hydrogen-bond donors (Lipinski definition) is 0. The van der Waals surface area contributed by atoms with Gasteiger partial charge in [0.2, 0.25) is 0 Å². The summed E-state index contributed by atoms with van der Waals surface area (Å²) in [6.07, 6.45) is 3.95. The Morgan fingerprint density at radius 1 is 1.25 bits per heavy atom. The summed E-state index contributed by atoms with van der Waals surface area (Å²) >= 11 is 0. The van der Waals surface area contributed by atoms with Gasteiger partial charge in [-0.15, -0.1) is 0 Å². The molecule has 1 aromatic carbocycles. The molecule has 0 aliphatic carbocycles. The molecular weight excluding hydrogens is 250 g/mol. The molecule has 0 N–H and O–H groups in total. The number of benzene rings is 1. The molecule has 0 bridgehead atoms. The van der Waals surface area contributed by atoms with Gasteiger partial charge in [0, 0.05) is 31.9 Å². The molecule has 1 aromatic heterocycles. The Morgan fingerprint density at radius 3 is 2.55 bits per heavy atom. The first-order valence-electron chi connectivity index (χ1n) is 6.91. The summed E-state index contributed by atoms with van der Waals surface area (Å²) in [4.78, 5) is 2.24. The highest BCUT2D eigenvalue weighted by atomic mass is 16.5. The minimum absolute atomic E-state index is 0.697. The molecule has 0 amide bonds. The Bertz CT molecular complexity index is 542. The van der Waals surface area contributed by atoms with Gasteiger partial charge in [0.1, 0.15) is 12.4 Å². The molecule has 2 aromatic rings. The Balaban J connectivity index is 1.81. The van der Waals surface area contributed by atoms with Crippen molar-refractivity contribution in [3.8, 4) is 5.75 Å². The molecule has 2 rings (SSSR count). The van der Waals surface area contributed by atoms with Gasteiger partial charge >= 0.3 is 0 Å². The largest absolute Gasteiger partial charge is 0.492 e. The summed E-state index contributed by atoms with van der Waals surface area (Å²) < 4.78 is 7.75. The van der Waals surface area contributed by atoms with Crippen LogP contribution in [0.4, 0.5) is 0 Å². The van der Waals surface area contributed by atoms with Gasteiger partial charge in [-0.1, -0.05) is 18.2 Å². The van der Waals surface area contributed by atoms with Gasteiger partial charge in [-0.2, -0.15) is 5.10 Å². The van der Waals surface area contributed by atoms with E-state index in [2.05, 4.69) is 49.1 Å². The number of likely N-dealkylation sites (N-methyl/N-ethyl adjacent to an activating group) is 1. The zero-order valence-electron chi connectivity index (χ0n) is 12.8. The van der Waals surface area contributed by atoms with Gasteiger partial charge in [0.05, 0.1) is 6.20 Å². The van der Waals surface area contributed by atoms with Crippen molar-refractivity contribution < 1.29 is 4.74 Å². The van der Waals surface area contributed by atoms with Crippen molar-refractivity contribution in [1.29, 1.82) is 0 Å². The first kappa shape index (κ1) is 14.6. The maximum Gasteiger partial charge on any atom is 0.125 e. The van der Waals surface area contributed by atoms with E-state index in [0.717, 1.165) is 18.8 Å². The normalized spacial score (nSPS) is 11.1. The van der Waals surface area contributed by atoms with Gasteiger partial charge in [-0.25, -0.2) is 0 Å². The molecule has 0 spiro atoms. The van der Waals surface area contributed by atoms with Crippen LogP contribution in [0.15, 0.2) is 30.6 Å². The SMILES string of the molecule is Cc1cccc(C)c1OCCN(C)Cc1cnn(C)c1. The highest BCUT2D eigenvalue weighted by molar-refractivity contribution is 5.39. The van der Waals surface area contributed by atoms with Crippen molar-refractivity contribution in [3.63, 3.8) is 0 Å². The second-order valence-corrected chi connectivity index (χ2v) is 5.33. The number of nitrogens with zero attached hydrogens (tertiary/aromatic N) is 3. The lowest BCUT2D eigenvalue weighted by molar-refractivity contribution is 0.231. The summed E-state index contributed by atoms with van der Waals surface area (Å²) in [6, 6.07) is 6.23. The molecule has 0 aliphatic rings. The molecule has 4 heteroatoms. The molecule has 0 radical (unpaired) electrons. The van der Waals surface area contributed by atoms with E-state index in [1.165, 1.54) is 16.7 Å². The predicted molar refractivity (Wildman–Crippen MR) is 81.0 cm³/mol. The van der Waals surface area contributed by atoms with Crippen LogP contribution in [0, 0.1) is 13.8 Å². The lowest BCUT2D eigenvalue weighted by atomic mass is 10.1. The van der Waals surface area contributed by atoms with E-state index >= 15 is 0 Å². The maximum absolute atomic E-state index is 5.92. The number of hydrogen-bond acceptors (Lipinski definition) is 3. The average molecular weight is 273 g/mol. The second kappa shape index (κ2) is 6.57. The molecular formula is C16H23N3O. The monoisotopic (exact) mass is 273 g/mol. The van der Waals surface area contributed by atoms with Crippen LogP contribution >= 0.6 is 0 Å². The number of rotatable bonds is 6. The topological polar surface area (TPSA) is 30.3 Å². The molecule has 4 nitrogen and oxygen atoms in total. The fourth-order valence-electron chi connectivity index (χ4n) is 2.27. The lowest BCUT2D eigenvalue weighted by Crippen LogP contribution is -2.24. The van der Waals surface area contributed by atoms with E-state index in [-0.39, 0.29) is 0 Å². The highest BCUT2D eigenvalue weighted by Gasteiger charge is 2.05. The fourth-order valence-corrected chi connectivity index (χ4v) is 2.27. The summed E-state index contributed by atoms with van der Waals surface area (Å²) in [6.45, 7) is 6.65. The number of aryl methyl sites for hydroxylation is 3. The van der Waals surface area contributed by atoms with Gasteiger partial charge < -0.3 is 4.74 Å². The van der Waals surface area contributed by atoms with Crippen LogP contribution < -0.4 is 4.74 Å². The molecule has 0 fully saturated rings. The third-order valence-corrected chi connectivity index (χ3v) is 3.34. The minimum Gasteiger partial charge on any atom is -0.492 e. The molecule has 0 unspecified atom stereocenters.